The molecule has 3 nitrogen and oxygen atoms in total. The summed E-state index contributed by atoms with van der Waals surface area (Å²) in [7, 11) is 0. The van der Waals surface area contributed by atoms with Gasteiger partial charge in [-0.3, -0.25) is 9.69 Å². The molecule has 0 unspecified atom stereocenters. The van der Waals surface area contributed by atoms with Crippen LogP contribution in [0.5, 0.6) is 5.75 Å². The van der Waals surface area contributed by atoms with E-state index in [9.17, 15) is 14.3 Å². The van der Waals surface area contributed by atoms with Gasteiger partial charge in [-0.25, -0.2) is 4.39 Å². The van der Waals surface area contributed by atoms with Crippen LogP contribution in [0.15, 0.2) is 41.3 Å². The molecule has 1 amide bonds. The van der Waals surface area contributed by atoms with Gasteiger partial charge >= 0.3 is 0 Å². The normalized spacial score (nSPS) is 16.6. The third kappa shape index (κ3) is 4.44. The summed E-state index contributed by atoms with van der Waals surface area (Å²) in [6, 6.07) is 9.55. The van der Waals surface area contributed by atoms with Crippen molar-refractivity contribution in [2.45, 2.75) is 52.4 Å². The Morgan fingerprint density at radius 1 is 1.00 bits per heavy atom. The highest BCUT2D eigenvalue weighted by molar-refractivity contribution is 8.27. The third-order valence-electron chi connectivity index (χ3n) is 4.92. The summed E-state index contributed by atoms with van der Waals surface area (Å²) in [5, 5.41) is 10.9. The van der Waals surface area contributed by atoms with Crippen molar-refractivity contribution in [2.24, 2.45) is 0 Å². The van der Waals surface area contributed by atoms with Gasteiger partial charge in [0.05, 0.1) is 10.6 Å². The summed E-state index contributed by atoms with van der Waals surface area (Å²) < 4.78 is 13.7. The van der Waals surface area contributed by atoms with E-state index in [1.807, 2.05) is 59.8 Å². The monoisotopic (exact) mass is 443 g/mol. The third-order valence-corrected chi connectivity index (χ3v) is 6.23. The number of benzene rings is 2. The number of halogens is 1. The highest BCUT2D eigenvalue weighted by Gasteiger charge is 2.34. The Kier molecular flexibility index (Phi) is 5.87. The molecular weight excluding hydrogens is 417 g/mol. The highest BCUT2D eigenvalue weighted by Crippen LogP contribution is 2.41. The fraction of sp³-hybridized carbons (Fsp3) is 0.333. The Morgan fingerprint density at radius 3 is 1.97 bits per heavy atom. The molecule has 2 aromatic carbocycles. The molecule has 3 rings (SSSR count). The van der Waals surface area contributed by atoms with E-state index in [2.05, 4.69) is 0 Å². The van der Waals surface area contributed by atoms with Crippen LogP contribution in [0.3, 0.4) is 0 Å². The predicted octanol–water partition coefficient (Wildman–Crippen LogP) is 6.53. The lowest BCUT2D eigenvalue weighted by molar-refractivity contribution is -0.113. The maximum atomic E-state index is 13.3. The molecular formula is C24H26FNO2S2. The molecule has 0 saturated carbocycles. The van der Waals surface area contributed by atoms with Gasteiger partial charge in [-0.15, -0.1) is 0 Å². The molecule has 0 aliphatic carbocycles. The lowest BCUT2D eigenvalue weighted by atomic mass is 9.78. The van der Waals surface area contributed by atoms with Crippen molar-refractivity contribution in [1.29, 1.82) is 0 Å². The van der Waals surface area contributed by atoms with Crippen molar-refractivity contribution < 1.29 is 14.3 Å². The number of phenolic OH excluding ortho intramolecular Hbond substituents is 1. The van der Waals surface area contributed by atoms with Crippen LogP contribution in [0, 0.1) is 5.82 Å². The second-order valence-corrected chi connectivity index (χ2v) is 11.1. The van der Waals surface area contributed by atoms with Crippen LogP contribution in [-0.4, -0.2) is 15.3 Å². The summed E-state index contributed by atoms with van der Waals surface area (Å²) >= 11 is 6.63. The standard InChI is InChI=1S/C24H26FNO2S2/c1-23(2,3)17-11-14(12-18(20(17)27)24(4,5)6)13-19-21(28)26(22(29)30-19)16-9-7-15(25)8-10-16/h7-13,27H,1-6H3/b19-13-. The van der Waals surface area contributed by atoms with Crippen LogP contribution < -0.4 is 4.90 Å². The van der Waals surface area contributed by atoms with Crippen molar-refractivity contribution in [3.8, 4) is 5.75 Å². The fourth-order valence-corrected chi connectivity index (χ4v) is 4.61. The van der Waals surface area contributed by atoms with Crippen LogP contribution in [0.4, 0.5) is 10.1 Å². The molecule has 0 aromatic heterocycles. The van der Waals surface area contributed by atoms with Gasteiger partial charge in [-0.2, -0.15) is 0 Å². The summed E-state index contributed by atoms with van der Waals surface area (Å²) in [6.45, 7) is 12.3. The Balaban J connectivity index is 2.07. The van der Waals surface area contributed by atoms with Gasteiger partial charge in [0.2, 0.25) is 0 Å². The molecule has 6 heteroatoms. The number of hydrogen-bond acceptors (Lipinski definition) is 4. The summed E-state index contributed by atoms with van der Waals surface area (Å²) in [4.78, 5) is 15.0. The zero-order valence-electron chi connectivity index (χ0n) is 18.0. The number of carbonyl (C=O) groups excluding carboxylic acids is 1. The van der Waals surface area contributed by atoms with Gasteiger partial charge in [0.15, 0.2) is 4.32 Å². The molecule has 1 aliphatic rings. The van der Waals surface area contributed by atoms with Crippen molar-refractivity contribution in [1.82, 2.24) is 0 Å². The number of hydrogen-bond donors (Lipinski definition) is 1. The molecule has 1 N–H and O–H groups in total. The van der Waals surface area contributed by atoms with Crippen molar-refractivity contribution >= 4 is 46.0 Å². The lowest BCUT2D eigenvalue weighted by Gasteiger charge is -2.28. The summed E-state index contributed by atoms with van der Waals surface area (Å²) in [5.41, 5.74) is 2.51. The molecule has 0 atom stereocenters. The zero-order valence-corrected chi connectivity index (χ0v) is 19.7. The zero-order chi connectivity index (χ0) is 22.4. The molecule has 158 valence electrons. The quantitative estimate of drug-likeness (QED) is 0.423. The van der Waals surface area contributed by atoms with E-state index in [1.54, 1.807) is 12.1 Å². The van der Waals surface area contributed by atoms with Crippen LogP contribution in [0.2, 0.25) is 0 Å². The van der Waals surface area contributed by atoms with E-state index in [0.29, 0.717) is 20.7 Å². The molecule has 1 saturated heterocycles. The number of anilines is 1. The van der Waals surface area contributed by atoms with Crippen molar-refractivity contribution in [3.63, 3.8) is 0 Å². The van der Waals surface area contributed by atoms with Gasteiger partial charge in [-0.1, -0.05) is 65.5 Å². The number of rotatable bonds is 2. The first-order valence-corrected chi connectivity index (χ1v) is 10.9. The van der Waals surface area contributed by atoms with Crippen LogP contribution in [0.1, 0.15) is 58.2 Å². The lowest BCUT2D eigenvalue weighted by Crippen LogP contribution is -2.27. The Bertz CT molecular complexity index is 1010. The first kappa shape index (κ1) is 22.5. The van der Waals surface area contributed by atoms with E-state index in [0.717, 1.165) is 16.7 Å². The molecule has 30 heavy (non-hydrogen) atoms. The minimum Gasteiger partial charge on any atom is -0.507 e. The molecule has 0 bridgehead atoms. The largest absolute Gasteiger partial charge is 0.507 e. The number of thiocarbonyl (C=S) groups is 1. The first-order valence-electron chi connectivity index (χ1n) is 9.70. The number of thioether (sulfide) groups is 1. The average Bonchev–Trinajstić information content (AvgIpc) is 2.89. The maximum Gasteiger partial charge on any atom is 0.270 e. The minimum absolute atomic E-state index is 0.237. The van der Waals surface area contributed by atoms with Gasteiger partial charge in [0.1, 0.15) is 11.6 Å². The maximum absolute atomic E-state index is 13.3. The van der Waals surface area contributed by atoms with Crippen LogP contribution in [0.25, 0.3) is 6.08 Å². The molecule has 1 heterocycles. The van der Waals surface area contributed by atoms with E-state index in [1.165, 1.54) is 28.8 Å². The van der Waals surface area contributed by atoms with Gasteiger partial charge in [-0.05, 0) is 58.9 Å². The topological polar surface area (TPSA) is 40.5 Å². The van der Waals surface area contributed by atoms with Crippen LogP contribution >= 0.6 is 24.0 Å². The van der Waals surface area contributed by atoms with Gasteiger partial charge in [0, 0.05) is 11.1 Å². The predicted molar refractivity (Wildman–Crippen MR) is 128 cm³/mol. The van der Waals surface area contributed by atoms with E-state index in [-0.39, 0.29) is 22.6 Å². The summed E-state index contributed by atoms with van der Waals surface area (Å²) in [5.74, 6) is -0.307. The number of carbonyl (C=O) groups is 1. The second-order valence-electron chi connectivity index (χ2n) is 9.46. The first-order chi connectivity index (χ1) is 13.8. The Labute approximate surface area is 187 Å². The van der Waals surface area contributed by atoms with E-state index in [4.69, 9.17) is 12.2 Å². The summed E-state index contributed by atoms with van der Waals surface area (Å²) in [6.07, 6.45) is 1.81. The highest BCUT2D eigenvalue weighted by atomic mass is 32.2. The average molecular weight is 444 g/mol. The van der Waals surface area contributed by atoms with Gasteiger partial charge < -0.3 is 5.11 Å². The molecule has 0 radical (unpaired) electrons. The number of amides is 1. The molecule has 1 aliphatic heterocycles. The smallest absolute Gasteiger partial charge is 0.270 e. The van der Waals surface area contributed by atoms with Gasteiger partial charge in [0.25, 0.3) is 5.91 Å². The molecule has 2 aromatic rings. The SMILES string of the molecule is CC(C)(C)c1cc(/C=C2\SC(=S)N(c3ccc(F)cc3)C2=O)cc(C(C)(C)C)c1O. The number of phenols is 1. The number of nitrogens with zero attached hydrogens (tertiary/aromatic N) is 1. The van der Waals surface area contributed by atoms with Crippen molar-refractivity contribution in [3.05, 3.63) is 63.8 Å². The van der Waals surface area contributed by atoms with E-state index < -0.39 is 0 Å². The van der Waals surface area contributed by atoms with E-state index >= 15 is 0 Å². The Morgan fingerprint density at radius 2 is 1.50 bits per heavy atom. The second kappa shape index (κ2) is 7.82. The fourth-order valence-electron chi connectivity index (χ4n) is 3.32. The number of aromatic hydroxyl groups is 1. The van der Waals surface area contributed by atoms with Crippen LogP contribution in [-0.2, 0) is 15.6 Å². The van der Waals surface area contributed by atoms with Crippen molar-refractivity contribution in [2.75, 3.05) is 4.90 Å². The minimum atomic E-state index is -0.367. The molecule has 0 spiro atoms. The Hall–Kier alpha value is -2.18. The molecule has 1 fully saturated rings.